The summed E-state index contributed by atoms with van der Waals surface area (Å²) in [6.45, 7) is 0.803. The van der Waals surface area contributed by atoms with Crippen molar-refractivity contribution in [1.29, 1.82) is 0 Å². The van der Waals surface area contributed by atoms with Gasteiger partial charge in [-0.2, -0.15) is 13.2 Å². The summed E-state index contributed by atoms with van der Waals surface area (Å²) in [6.07, 6.45) is -3.72. The Hall–Kier alpha value is -2.09. The fraction of sp³-hybridized carbons (Fsp3) is 0.429. The van der Waals surface area contributed by atoms with Crippen molar-refractivity contribution in [1.82, 2.24) is 10.2 Å². The number of likely N-dealkylation sites (tertiary alicyclic amines) is 1. The SMILES string of the molecule is N[C@@H]1CCN(C(=O)CNC(=O)c2ccc(C(F)(F)F)cc2)C1. The van der Waals surface area contributed by atoms with Crippen LogP contribution in [0.4, 0.5) is 13.2 Å². The largest absolute Gasteiger partial charge is 0.416 e. The molecule has 1 aromatic rings. The van der Waals surface area contributed by atoms with Gasteiger partial charge >= 0.3 is 6.18 Å². The van der Waals surface area contributed by atoms with Crippen molar-refractivity contribution >= 4 is 11.8 Å². The highest BCUT2D eigenvalue weighted by atomic mass is 19.4. The molecular weight excluding hydrogens is 299 g/mol. The molecule has 2 rings (SSSR count). The van der Waals surface area contributed by atoms with Crippen molar-refractivity contribution in [2.75, 3.05) is 19.6 Å². The minimum absolute atomic E-state index is 0.0467. The third-order valence-corrected chi connectivity index (χ3v) is 3.45. The number of amides is 2. The van der Waals surface area contributed by atoms with Crippen LogP contribution in [0.15, 0.2) is 24.3 Å². The van der Waals surface area contributed by atoms with Gasteiger partial charge in [0.05, 0.1) is 12.1 Å². The molecule has 0 spiro atoms. The monoisotopic (exact) mass is 315 g/mol. The Labute approximate surface area is 125 Å². The first kappa shape index (κ1) is 16.3. The first-order valence-electron chi connectivity index (χ1n) is 6.76. The normalized spacial score (nSPS) is 18.4. The summed E-state index contributed by atoms with van der Waals surface area (Å²) in [5.74, 6) is -0.848. The molecule has 8 heteroatoms. The zero-order valence-corrected chi connectivity index (χ0v) is 11.7. The molecule has 0 aromatic heterocycles. The molecule has 0 bridgehead atoms. The van der Waals surface area contributed by atoms with E-state index in [0.29, 0.717) is 13.1 Å². The summed E-state index contributed by atoms with van der Waals surface area (Å²) in [4.78, 5) is 25.2. The molecule has 1 aliphatic rings. The lowest BCUT2D eigenvalue weighted by Gasteiger charge is -2.16. The molecule has 0 radical (unpaired) electrons. The van der Waals surface area contributed by atoms with Crippen molar-refractivity contribution in [3.05, 3.63) is 35.4 Å². The molecule has 1 saturated heterocycles. The fourth-order valence-corrected chi connectivity index (χ4v) is 2.19. The lowest BCUT2D eigenvalue weighted by atomic mass is 10.1. The second-order valence-corrected chi connectivity index (χ2v) is 5.15. The summed E-state index contributed by atoms with van der Waals surface area (Å²) in [6, 6.07) is 3.77. The summed E-state index contributed by atoms with van der Waals surface area (Å²) >= 11 is 0. The number of rotatable bonds is 3. The zero-order valence-electron chi connectivity index (χ0n) is 11.7. The molecule has 1 fully saturated rings. The number of nitrogens with one attached hydrogen (secondary N) is 1. The van der Waals surface area contributed by atoms with Gasteiger partial charge in [-0.15, -0.1) is 0 Å². The highest BCUT2D eigenvalue weighted by molar-refractivity contribution is 5.96. The van der Waals surface area contributed by atoms with Gasteiger partial charge in [-0.25, -0.2) is 0 Å². The third-order valence-electron chi connectivity index (χ3n) is 3.45. The molecule has 1 aromatic carbocycles. The number of nitrogens with zero attached hydrogens (tertiary/aromatic N) is 1. The summed E-state index contributed by atoms with van der Waals surface area (Å²) in [5, 5.41) is 2.40. The molecule has 0 saturated carbocycles. The van der Waals surface area contributed by atoms with Crippen LogP contribution in [-0.2, 0) is 11.0 Å². The van der Waals surface area contributed by atoms with E-state index >= 15 is 0 Å². The van der Waals surface area contributed by atoms with Crippen molar-refractivity contribution < 1.29 is 22.8 Å². The van der Waals surface area contributed by atoms with Crippen LogP contribution in [0.2, 0.25) is 0 Å². The first-order valence-corrected chi connectivity index (χ1v) is 6.76. The van der Waals surface area contributed by atoms with Crippen LogP contribution in [0.3, 0.4) is 0 Å². The second kappa shape index (κ2) is 6.35. The number of alkyl halides is 3. The molecule has 1 aliphatic heterocycles. The van der Waals surface area contributed by atoms with E-state index in [9.17, 15) is 22.8 Å². The standard InChI is InChI=1S/C14H16F3N3O2/c15-14(16,17)10-3-1-9(2-4-10)13(22)19-7-12(21)20-6-5-11(18)8-20/h1-4,11H,5-8,18H2,(H,19,22)/t11-/m1/s1. The average molecular weight is 315 g/mol. The fourth-order valence-electron chi connectivity index (χ4n) is 2.19. The first-order chi connectivity index (χ1) is 10.3. The Morgan fingerprint density at radius 1 is 1.27 bits per heavy atom. The maximum Gasteiger partial charge on any atom is 0.416 e. The van der Waals surface area contributed by atoms with Crippen LogP contribution in [0, 0.1) is 0 Å². The van der Waals surface area contributed by atoms with E-state index in [2.05, 4.69) is 5.32 Å². The number of carbonyl (C=O) groups is 2. The number of benzene rings is 1. The molecule has 22 heavy (non-hydrogen) atoms. The Morgan fingerprint density at radius 3 is 2.41 bits per heavy atom. The van der Waals surface area contributed by atoms with Gasteiger partial charge in [0, 0.05) is 24.7 Å². The molecule has 1 atom stereocenters. The molecule has 3 N–H and O–H groups in total. The van der Waals surface area contributed by atoms with Gasteiger partial charge < -0.3 is 16.0 Å². The van der Waals surface area contributed by atoms with E-state index in [-0.39, 0.29) is 24.1 Å². The number of hydrogen-bond acceptors (Lipinski definition) is 3. The highest BCUT2D eigenvalue weighted by Crippen LogP contribution is 2.29. The van der Waals surface area contributed by atoms with Gasteiger partial charge in [0.1, 0.15) is 0 Å². The molecular formula is C14H16F3N3O2. The number of halogens is 3. The lowest BCUT2D eigenvalue weighted by Crippen LogP contribution is -2.40. The van der Waals surface area contributed by atoms with Gasteiger partial charge in [0.25, 0.3) is 5.91 Å². The number of nitrogens with two attached hydrogens (primary N) is 1. The Morgan fingerprint density at radius 2 is 1.91 bits per heavy atom. The van der Waals surface area contributed by atoms with Gasteiger partial charge in [-0.1, -0.05) is 0 Å². The van der Waals surface area contributed by atoms with Crippen LogP contribution in [-0.4, -0.2) is 42.4 Å². The molecule has 120 valence electrons. The summed E-state index contributed by atoms with van der Waals surface area (Å²) in [7, 11) is 0. The predicted octanol–water partition coefficient (Wildman–Crippen LogP) is 0.995. The van der Waals surface area contributed by atoms with Gasteiger partial charge in [-0.05, 0) is 30.7 Å². The van der Waals surface area contributed by atoms with Crippen molar-refractivity contribution in [2.24, 2.45) is 5.73 Å². The van der Waals surface area contributed by atoms with E-state index < -0.39 is 17.6 Å². The molecule has 2 amide bonds. The number of hydrogen-bond donors (Lipinski definition) is 2. The molecule has 0 unspecified atom stereocenters. The minimum Gasteiger partial charge on any atom is -0.343 e. The van der Waals surface area contributed by atoms with Crippen LogP contribution >= 0.6 is 0 Å². The van der Waals surface area contributed by atoms with Crippen molar-refractivity contribution in [3.63, 3.8) is 0 Å². The van der Waals surface area contributed by atoms with E-state index in [4.69, 9.17) is 5.73 Å². The van der Waals surface area contributed by atoms with Crippen LogP contribution in [0.5, 0.6) is 0 Å². The molecule has 0 aliphatic carbocycles. The maximum absolute atomic E-state index is 12.4. The van der Waals surface area contributed by atoms with E-state index in [1.807, 2.05) is 0 Å². The van der Waals surface area contributed by atoms with Crippen LogP contribution in [0.1, 0.15) is 22.3 Å². The Bertz CT molecular complexity index is 557. The Balaban J connectivity index is 1.88. The minimum atomic E-state index is -4.44. The average Bonchev–Trinajstić information content (AvgIpc) is 2.90. The maximum atomic E-state index is 12.4. The van der Waals surface area contributed by atoms with Gasteiger partial charge in [0.2, 0.25) is 5.91 Å². The molecule has 1 heterocycles. The van der Waals surface area contributed by atoms with Crippen molar-refractivity contribution in [3.8, 4) is 0 Å². The van der Waals surface area contributed by atoms with Gasteiger partial charge in [0.15, 0.2) is 0 Å². The van der Waals surface area contributed by atoms with Gasteiger partial charge in [-0.3, -0.25) is 9.59 Å². The lowest BCUT2D eigenvalue weighted by molar-refractivity contribution is -0.137. The summed E-state index contributed by atoms with van der Waals surface area (Å²) < 4.78 is 37.3. The van der Waals surface area contributed by atoms with Crippen LogP contribution < -0.4 is 11.1 Å². The quantitative estimate of drug-likeness (QED) is 0.873. The van der Waals surface area contributed by atoms with E-state index in [1.165, 1.54) is 0 Å². The zero-order chi connectivity index (χ0) is 16.3. The third kappa shape index (κ3) is 3.97. The van der Waals surface area contributed by atoms with E-state index in [1.54, 1.807) is 4.90 Å². The highest BCUT2D eigenvalue weighted by Gasteiger charge is 2.30. The number of carbonyl (C=O) groups excluding carboxylic acids is 2. The summed E-state index contributed by atoms with van der Waals surface area (Å²) in [5.41, 5.74) is 4.93. The Kier molecular flexibility index (Phi) is 4.70. The van der Waals surface area contributed by atoms with Crippen molar-refractivity contribution in [2.45, 2.75) is 18.6 Å². The van der Waals surface area contributed by atoms with Crippen LogP contribution in [0.25, 0.3) is 0 Å². The van der Waals surface area contributed by atoms with E-state index in [0.717, 1.165) is 30.7 Å². The predicted molar refractivity (Wildman–Crippen MR) is 72.9 cm³/mol. The topological polar surface area (TPSA) is 75.4 Å². The molecule has 5 nitrogen and oxygen atoms in total. The smallest absolute Gasteiger partial charge is 0.343 e. The second-order valence-electron chi connectivity index (χ2n) is 5.15.